The zero-order valence-corrected chi connectivity index (χ0v) is 13.3. The van der Waals surface area contributed by atoms with Crippen LogP contribution in [0.5, 0.6) is 5.75 Å². The minimum atomic E-state index is -0.0374. The number of nitrogens with two attached hydrogens (primary N) is 2. The molecule has 0 aliphatic heterocycles. The molecule has 0 aliphatic rings. The van der Waals surface area contributed by atoms with Crippen LogP contribution in [0.4, 0.5) is 0 Å². The lowest BCUT2D eigenvalue weighted by molar-refractivity contribution is -0.110. The number of aryl methyl sites for hydroxylation is 1. The Morgan fingerprint density at radius 3 is 2.53 bits per heavy atom. The molecule has 0 fully saturated rings. The lowest BCUT2D eigenvalue weighted by Crippen LogP contribution is -3.00. The van der Waals surface area contributed by atoms with E-state index in [0.29, 0.717) is 10.9 Å². The molecule has 0 aliphatic carbocycles. The van der Waals surface area contributed by atoms with Gasteiger partial charge < -0.3 is 17.5 Å². The Kier molecular flexibility index (Phi) is 7.30. The fourth-order valence-corrected chi connectivity index (χ4v) is 2.33. The van der Waals surface area contributed by atoms with Crippen molar-refractivity contribution in [2.75, 3.05) is 5.75 Å². The molecule has 3 nitrogen and oxygen atoms in total. The highest BCUT2D eigenvalue weighted by atomic mass is 35.5. The molecular formula is C14H23ClN2OS. The fourth-order valence-electron chi connectivity index (χ4n) is 1.81. The van der Waals surface area contributed by atoms with Crippen molar-refractivity contribution in [2.45, 2.75) is 39.0 Å². The Hall–Kier alpha value is -0.870. The predicted molar refractivity (Wildman–Crippen MR) is 78.7 cm³/mol. The van der Waals surface area contributed by atoms with Crippen molar-refractivity contribution in [1.82, 2.24) is 0 Å². The fraction of sp³-hybridized carbons (Fsp3) is 0.500. The first-order valence-electron chi connectivity index (χ1n) is 6.14. The Bertz CT molecular complexity index is 430. The van der Waals surface area contributed by atoms with Crippen molar-refractivity contribution < 1.29 is 22.9 Å². The summed E-state index contributed by atoms with van der Waals surface area (Å²) in [6.07, 6.45) is 2.00. The molecule has 108 valence electrons. The second-order valence-corrected chi connectivity index (χ2v) is 6.62. The molecule has 0 aromatic heterocycles. The van der Waals surface area contributed by atoms with E-state index >= 15 is 0 Å². The number of halogens is 1. The van der Waals surface area contributed by atoms with Crippen LogP contribution in [-0.2, 0) is 11.8 Å². The van der Waals surface area contributed by atoms with E-state index in [9.17, 15) is 5.11 Å². The van der Waals surface area contributed by atoms with E-state index in [4.69, 9.17) is 11.1 Å². The van der Waals surface area contributed by atoms with Crippen molar-refractivity contribution in [3.63, 3.8) is 0 Å². The molecule has 5 N–H and O–H groups in total. The molecule has 0 heterocycles. The van der Waals surface area contributed by atoms with E-state index in [1.54, 1.807) is 6.07 Å². The number of amidine groups is 1. The molecule has 0 atom stereocenters. The summed E-state index contributed by atoms with van der Waals surface area (Å²) in [6, 6.07) is 5.85. The zero-order chi connectivity index (χ0) is 13.8. The first-order valence-corrected chi connectivity index (χ1v) is 7.12. The summed E-state index contributed by atoms with van der Waals surface area (Å²) in [7, 11) is 0. The molecule has 1 aromatic carbocycles. The monoisotopic (exact) mass is 302 g/mol. The normalized spacial score (nSPS) is 10.9. The minimum Gasteiger partial charge on any atom is -1.00 e. The van der Waals surface area contributed by atoms with E-state index < -0.39 is 0 Å². The van der Waals surface area contributed by atoms with E-state index in [2.05, 4.69) is 26.8 Å². The summed E-state index contributed by atoms with van der Waals surface area (Å²) >= 11 is 1.49. The lowest BCUT2D eigenvalue weighted by atomic mass is 9.85. The van der Waals surface area contributed by atoms with Crippen LogP contribution in [0.15, 0.2) is 18.2 Å². The van der Waals surface area contributed by atoms with Gasteiger partial charge in [-0.3, -0.25) is 11.1 Å². The van der Waals surface area contributed by atoms with Crippen LogP contribution in [0.3, 0.4) is 0 Å². The molecule has 0 spiro atoms. The second kappa shape index (κ2) is 7.65. The molecule has 0 radical (unpaired) electrons. The zero-order valence-electron chi connectivity index (χ0n) is 11.7. The quantitative estimate of drug-likeness (QED) is 0.358. The molecule has 1 aromatic rings. The van der Waals surface area contributed by atoms with Crippen molar-refractivity contribution in [3.8, 4) is 5.75 Å². The van der Waals surface area contributed by atoms with Crippen LogP contribution < -0.4 is 23.5 Å². The smallest absolute Gasteiger partial charge is 0.299 e. The first kappa shape index (κ1) is 18.1. The molecule has 5 heteroatoms. The van der Waals surface area contributed by atoms with Gasteiger partial charge in [0.25, 0.3) is 5.17 Å². The molecule has 0 unspecified atom stereocenters. The van der Waals surface area contributed by atoms with Crippen LogP contribution in [0.2, 0.25) is 0 Å². The summed E-state index contributed by atoms with van der Waals surface area (Å²) in [6.45, 7) is 6.31. The van der Waals surface area contributed by atoms with Crippen LogP contribution in [-0.4, -0.2) is 16.0 Å². The van der Waals surface area contributed by atoms with Gasteiger partial charge in [0.05, 0.1) is 0 Å². The number of hydrogen-bond donors (Lipinski definition) is 3. The number of phenolic OH excluding ortho intramolecular Hbond substituents is 1. The third-order valence-corrected chi connectivity index (χ3v) is 3.57. The average molecular weight is 303 g/mol. The number of benzene rings is 1. The Morgan fingerprint density at radius 1 is 1.37 bits per heavy atom. The van der Waals surface area contributed by atoms with Crippen molar-refractivity contribution >= 4 is 16.9 Å². The van der Waals surface area contributed by atoms with Gasteiger partial charge in [-0.25, -0.2) is 0 Å². The maximum atomic E-state index is 9.87. The molecule has 19 heavy (non-hydrogen) atoms. The average Bonchev–Trinajstić information content (AvgIpc) is 2.24. The topological polar surface area (TPSA) is 71.8 Å². The SMILES string of the molecule is CC(C)(C)c1cc(CCCSC(N)=[NH2+])ccc1O.[Cl-]. The molecule has 0 amide bonds. The van der Waals surface area contributed by atoms with Gasteiger partial charge >= 0.3 is 0 Å². The maximum Gasteiger partial charge on any atom is 0.299 e. The highest BCUT2D eigenvalue weighted by Gasteiger charge is 2.18. The van der Waals surface area contributed by atoms with E-state index in [1.807, 2.05) is 6.07 Å². The Balaban J connectivity index is 0.00000324. The Labute approximate surface area is 125 Å². The van der Waals surface area contributed by atoms with Crippen LogP contribution in [0.1, 0.15) is 38.3 Å². The third-order valence-electron chi connectivity index (χ3n) is 2.75. The van der Waals surface area contributed by atoms with Crippen molar-refractivity contribution in [1.29, 1.82) is 0 Å². The molecular weight excluding hydrogens is 280 g/mol. The second-order valence-electron chi connectivity index (χ2n) is 5.46. The number of phenols is 1. The van der Waals surface area contributed by atoms with Crippen molar-refractivity contribution in [3.05, 3.63) is 29.3 Å². The van der Waals surface area contributed by atoms with E-state index in [1.165, 1.54) is 17.3 Å². The number of thioether (sulfide) groups is 1. The summed E-state index contributed by atoms with van der Waals surface area (Å²) in [5, 5.41) is 15.7. The highest BCUT2D eigenvalue weighted by molar-refractivity contribution is 8.13. The lowest BCUT2D eigenvalue weighted by Gasteiger charge is -2.21. The standard InChI is InChI=1S/C14H22N2OS.ClH/c1-14(2,3)11-9-10(6-7-12(11)17)5-4-8-18-13(15)16;/h6-7,9,17H,4-5,8H2,1-3H3,(H3,15,16);1H. The van der Waals surface area contributed by atoms with Gasteiger partial charge in [0.2, 0.25) is 0 Å². The first-order chi connectivity index (χ1) is 8.30. The maximum absolute atomic E-state index is 9.87. The van der Waals surface area contributed by atoms with Crippen LogP contribution in [0, 0.1) is 0 Å². The summed E-state index contributed by atoms with van der Waals surface area (Å²) in [4.78, 5) is 0. The van der Waals surface area contributed by atoms with E-state index in [-0.39, 0.29) is 17.8 Å². The summed E-state index contributed by atoms with van der Waals surface area (Å²) in [5.41, 5.74) is 7.60. The summed E-state index contributed by atoms with van der Waals surface area (Å²) in [5.74, 6) is 1.30. The minimum absolute atomic E-state index is 0. The van der Waals surface area contributed by atoms with E-state index in [0.717, 1.165) is 24.2 Å². The van der Waals surface area contributed by atoms with Crippen LogP contribution in [0.25, 0.3) is 0 Å². The third kappa shape index (κ3) is 6.21. The number of hydrogen-bond acceptors (Lipinski definition) is 2. The largest absolute Gasteiger partial charge is 1.00 e. The molecule has 0 saturated heterocycles. The number of aromatic hydroxyl groups is 1. The van der Waals surface area contributed by atoms with Gasteiger partial charge in [0.15, 0.2) is 0 Å². The molecule has 0 bridgehead atoms. The van der Waals surface area contributed by atoms with Crippen molar-refractivity contribution in [2.24, 2.45) is 5.73 Å². The highest BCUT2D eigenvalue weighted by Crippen LogP contribution is 2.31. The summed E-state index contributed by atoms with van der Waals surface area (Å²) < 4.78 is 0. The van der Waals surface area contributed by atoms with Gasteiger partial charge in [0.1, 0.15) is 5.75 Å². The van der Waals surface area contributed by atoms with Crippen LogP contribution >= 0.6 is 11.8 Å². The number of rotatable bonds is 4. The van der Waals surface area contributed by atoms with Gasteiger partial charge in [0, 0.05) is 5.75 Å². The van der Waals surface area contributed by atoms with Gasteiger partial charge in [-0.2, -0.15) is 0 Å². The molecule has 0 saturated carbocycles. The van der Waals surface area contributed by atoms with Gasteiger partial charge in [-0.05, 0) is 47.2 Å². The van der Waals surface area contributed by atoms with Gasteiger partial charge in [-0.1, -0.05) is 32.9 Å². The predicted octanol–water partition coefficient (Wildman–Crippen LogP) is -1.57. The Morgan fingerprint density at radius 2 is 2.00 bits per heavy atom. The van der Waals surface area contributed by atoms with Gasteiger partial charge in [-0.15, -0.1) is 0 Å². The molecule has 1 rings (SSSR count).